The summed E-state index contributed by atoms with van der Waals surface area (Å²) in [6.45, 7) is 1.68. The van der Waals surface area contributed by atoms with Crippen molar-refractivity contribution in [3.63, 3.8) is 0 Å². The summed E-state index contributed by atoms with van der Waals surface area (Å²) in [6, 6.07) is -0.822. The minimum Gasteiger partial charge on any atom is -0.480 e. The number of hydrogen-bond donors (Lipinski definition) is 2. The minimum absolute atomic E-state index is 0.0460. The van der Waals surface area contributed by atoms with Crippen LogP contribution in [-0.4, -0.2) is 28.2 Å². The van der Waals surface area contributed by atoms with Gasteiger partial charge in [-0.25, -0.2) is 4.79 Å². The summed E-state index contributed by atoms with van der Waals surface area (Å²) in [4.78, 5) is 22.6. The van der Waals surface area contributed by atoms with E-state index in [2.05, 4.69) is 10.5 Å². The van der Waals surface area contributed by atoms with Crippen molar-refractivity contribution in [2.24, 2.45) is 5.92 Å². The molecule has 1 atom stereocenters. The summed E-state index contributed by atoms with van der Waals surface area (Å²) in [5, 5.41) is 14.9. The lowest BCUT2D eigenvalue weighted by molar-refractivity contribution is -0.139. The first kappa shape index (κ1) is 10.7. The number of carboxylic acid groups (broad SMARTS) is 1. The average Bonchev–Trinajstić information content (AvgIpc) is 2.96. The molecule has 86 valence electrons. The molecule has 0 spiro atoms. The number of nitrogens with one attached hydrogen (secondary N) is 1. The Kier molecular flexibility index (Phi) is 2.64. The van der Waals surface area contributed by atoms with Crippen molar-refractivity contribution in [2.45, 2.75) is 25.8 Å². The van der Waals surface area contributed by atoms with E-state index in [4.69, 9.17) is 9.63 Å². The number of nitrogens with zero attached hydrogens (tertiary/aromatic N) is 1. The largest absolute Gasteiger partial charge is 0.480 e. The van der Waals surface area contributed by atoms with Crippen LogP contribution in [0.2, 0.25) is 0 Å². The van der Waals surface area contributed by atoms with E-state index in [1.54, 1.807) is 6.92 Å². The smallest absolute Gasteiger partial charge is 0.326 e. The predicted octanol–water partition coefficient (Wildman–Crippen LogP) is 0.576. The lowest BCUT2D eigenvalue weighted by Crippen LogP contribution is -2.42. The Morgan fingerprint density at radius 3 is 2.75 bits per heavy atom. The molecule has 16 heavy (non-hydrogen) atoms. The quantitative estimate of drug-likeness (QED) is 0.780. The molecule has 0 aromatic carbocycles. The predicted molar refractivity (Wildman–Crippen MR) is 52.9 cm³/mol. The molecular formula is C10H12N2O4. The summed E-state index contributed by atoms with van der Waals surface area (Å²) in [5.74, 6) is -1.40. The Bertz CT molecular complexity index is 422. The van der Waals surface area contributed by atoms with E-state index in [0.717, 1.165) is 12.8 Å². The van der Waals surface area contributed by atoms with Crippen molar-refractivity contribution < 1.29 is 19.2 Å². The summed E-state index contributed by atoms with van der Waals surface area (Å²) in [7, 11) is 0. The molecule has 0 aliphatic heterocycles. The van der Waals surface area contributed by atoms with Crippen molar-refractivity contribution in [3.05, 3.63) is 17.5 Å². The van der Waals surface area contributed by atoms with E-state index < -0.39 is 17.9 Å². The number of carbonyl (C=O) groups is 2. The highest BCUT2D eigenvalue weighted by Crippen LogP contribution is 2.32. The molecule has 2 N–H and O–H groups in total. The molecule has 1 amide bonds. The van der Waals surface area contributed by atoms with Gasteiger partial charge >= 0.3 is 5.97 Å². The standard InChI is InChI=1S/C10H12N2O4/c1-5-4-11-16-8(5)9(13)12-7(10(14)15)6-2-3-6/h4,6-7H,2-3H2,1H3,(H,12,13)(H,14,15). The fourth-order valence-corrected chi connectivity index (χ4v) is 1.53. The fourth-order valence-electron chi connectivity index (χ4n) is 1.53. The molecule has 1 heterocycles. The number of hydrogen-bond acceptors (Lipinski definition) is 4. The van der Waals surface area contributed by atoms with Gasteiger partial charge in [0, 0.05) is 5.56 Å². The zero-order chi connectivity index (χ0) is 11.7. The maximum absolute atomic E-state index is 11.7. The number of carboxylic acids is 1. The van der Waals surface area contributed by atoms with Gasteiger partial charge in [-0.1, -0.05) is 5.16 Å². The van der Waals surface area contributed by atoms with Crippen LogP contribution in [-0.2, 0) is 4.79 Å². The SMILES string of the molecule is Cc1cnoc1C(=O)NC(C(=O)O)C1CC1. The van der Waals surface area contributed by atoms with Crippen LogP contribution >= 0.6 is 0 Å². The molecule has 1 aliphatic rings. The Hall–Kier alpha value is -1.85. The first-order valence-electron chi connectivity index (χ1n) is 5.04. The molecule has 1 aromatic heterocycles. The Morgan fingerprint density at radius 1 is 1.62 bits per heavy atom. The topological polar surface area (TPSA) is 92.4 Å². The number of carbonyl (C=O) groups excluding carboxylic acids is 1. The van der Waals surface area contributed by atoms with Crippen molar-refractivity contribution in [3.8, 4) is 0 Å². The first-order chi connectivity index (χ1) is 7.59. The lowest BCUT2D eigenvalue weighted by Gasteiger charge is -2.12. The highest BCUT2D eigenvalue weighted by atomic mass is 16.5. The molecular weight excluding hydrogens is 212 g/mol. The number of rotatable bonds is 4. The fraction of sp³-hybridized carbons (Fsp3) is 0.500. The molecule has 1 aliphatic carbocycles. The molecule has 0 bridgehead atoms. The van der Waals surface area contributed by atoms with Crippen LogP contribution < -0.4 is 5.32 Å². The Morgan fingerprint density at radius 2 is 2.31 bits per heavy atom. The normalized spacial score (nSPS) is 16.8. The minimum atomic E-state index is -1.01. The summed E-state index contributed by atoms with van der Waals surface area (Å²) < 4.78 is 4.75. The monoisotopic (exact) mass is 224 g/mol. The number of aliphatic carboxylic acids is 1. The van der Waals surface area contributed by atoms with Crippen molar-refractivity contribution in [1.29, 1.82) is 0 Å². The molecule has 6 nitrogen and oxygen atoms in total. The van der Waals surface area contributed by atoms with Crippen LogP contribution in [0.25, 0.3) is 0 Å². The average molecular weight is 224 g/mol. The van der Waals surface area contributed by atoms with Gasteiger partial charge < -0.3 is 14.9 Å². The summed E-state index contributed by atoms with van der Waals surface area (Å²) >= 11 is 0. The molecule has 1 unspecified atom stereocenters. The van der Waals surface area contributed by atoms with Gasteiger partial charge in [0.1, 0.15) is 6.04 Å². The van der Waals surface area contributed by atoms with Gasteiger partial charge in [0.2, 0.25) is 5.76 Å². The second-order valence-electron chi connectivity index (χ2n) is 3.96. The molecule has 1 aromatic rings. The van der Waals surface area contributed by atoms with E-state index in [0.29, 0.717) is 5.56 Å². The second kappa shape index (κ2) is 3.96. The molecule has 0 radical (unpaired) electrons. The van der Waals surface area contributed by atoms with E-state index in [1.165, 1.54) is 6.20 Å². The summed E-state index contributed by atoms with van der Waals surface area (Å²) in [5.41, 5.74) is 0.595. The first-order valence-corrected chi connectivity index (χ1v) is 5.04. The number of aromatic nitrogens is 1. The van der Waals surface area contributed by atoms with Crippen LogP contribution in [0.4, 0.5) is 0 Å². The van der Waals surface area contributed by atoms with E-state index in [-0.39, 0.29) is 11.7 Å². The molecule has 1 fully saturated rings. The van der Waals surface area contributed by atoms with Crippen molar-refractivity contribution >= 4 is 11.9 Å². The van der Waals surface area contributed by atoms with Gasteiger partial charge in [0.05, 0.1) is 6.20 Å². The van der Waals surface area contributed by atoms with Gasteiger partial charge in [-0.3, -0.25) is 4.79 Å². The second-order valence-corrected chi connectivity index (χ2v) is 3.96. The van der Waals surface area contributed by atoms with Gasteiger partial charge in [-0.15, -0.1) is 0 Å². The third-order valence-electron chi connectivity index (χ3n) is 2.60. The molecule has 6 heteroatoms. The highest BCUT2D eigenvalue weighted by molar-refractivity contribution is 5.95. The van der Waals surface area contributed by atoms with Gasteiger partial charge in [-0.05, 0) is 25.7 Å². The zero-order valence-corrected chi connectivity index (χ0v) is 8.77. The lowest BCUT2D eigenvalue weighted by atomic mass is 10.2. The Balaban J connectivity index is 2.06. The van der Waals surface area contributed by atoms with E-state index in [1.807, 2.05) is 0 Å². The number of aryl methyl sites for hydroxylation is 1. The number of amides is 1. The Labute approximate surface area is 91.6 Å². The van der Waals surface area contributed by atoms with Gasteiger partial charge in [0.15, 0.2) is 0 Å². The van der Waals surface area contributed by atoms with Gasteiger partial charge in [0.25, 0.3) is 5.91 Å². The van der Waals surface area contributed by atoms with Crippen molar-refractivity contribution in [1.82, 2.24) is 10.5 Å². The van der Waals surface area contributed by atoms with Crippen LogP contribution in [0, 0.1) is 12.8 Å². The van der Waals surface area contributed by atoms with Crippen LogP contribution in [0.15, 0.2) is 10.7 Å². The van der Waals surface area contributed by atoms with E-state index in [9.17, 15) is 9.59 Å². The van der Waals surface area contributed by atoms with Gasteiger partial charge in [-0.2, -0.15) is 0 Å². The highest BCUT2D eigenvalue weighted by Gasteiger charge is 2.38. The maximum atomic E-state index is 11.7. The van der Waals surface area contributed by atoms with Crippen molar-refractivity contribution in [2.75, 3.05) is 0 Å². The third-order valence-corrected chi connectivity index (χ3v) is 2.60. The van der Waals surface area contributed by atoms with E-state index >= 15 is 0 Å². The van der Waals surface area contributed by atoms with Crippen LogP contribution in [0.1, 0.15) is 29.0 Å². The molecule has 0 saturated heterocycles. The molecule has 2 rings (SSSR count). The van der Waals surface area contributed by atoms with Crippen LogP contribution in [0.3, 0.4) is 0 Å². The van der Waals surface area contributed by atoms with Crippen LogP contribution in [0.5, 0.6) is 0 Å². The summed E-state index contributed by atoms with van der Waals surface area (Å²) in [6.07, 6.45) is 3.10. The molecule has 1 saturated carbocycles. The zero-order valence-electron chi connectivity index (χ0n) is 8.77. The third kappa shape index (κ3) is 2.05. The maximum Gasteiger partial charge on any atom is 0.326 e.